The first-order valence-corrected chi connectivity index (χ1v) is 8.35. The Morgan fingerprint density at radius 3 is 2.50 bits per heavy atom. The van der Waals surface area contributed by atoms with Crippen LogP contribution in [0.1, 0.15) is 32.6 Å². The SMILES string of the molecule is CC1CCCC(N(C)S(=O)(=O)N2CCNCC2)C1. The molecule has 2 aliphatic rings. The maximum Gasteiger partial charge on any atom is 0.282 e. The van der Waals surface area contributed by atoms with Crippen molar-refractivity contribution in [2.24, 2.45) is 5.92 Å². The number of rotatable bonds is 3. The second-order valence-electron chi connectivity index (χ2n) is 5.60. The lowest BCUT2D eigenvalue weighted by molar-refractivity contribution is 0.222. The van der Waals surface area contributed by atoms with E-state index < -0.39 is 10.2 Å². The Balaban J connectivity index is 2.03. The third-order valence-corrected chi connectivity index (χ3v) is 6.23. The first-order valence-electron chi connectivity index (χ1n) is 6.95. The molecule has 0 amide bonds. The van der Waals surface area contributed by atoms with Crippen LogP contribution in [0.5, 0.6) is 0 Å². The van der Waals surface area contributed by atoms with Gasteiger partial charge >= 0.3 is 0 Å². The highest BCUT2D eigenvalue weighted by molar-refractivity contribution is 7.86. The average Bonchev–Trinajstić information content (AvgIpc) is 2.39. The summed E-state index contributed by atoms with van der Waals surface area (Å²) in [5.41, 5.74) is 0. The van der Waals surface area contributed by atoms with Gasteiger partial charge in [-0.05, 0) is 18.8 Å². The molecule has 0 aromatic rings. The highest BCUT2D eigenvalue weighted by Crippen LogP contribution is 2.28. The number of hydrogen-bond donors (Lipinski definition) is 1. The van der Waals surface area contributed by atoms with E-state index in [0.717, 1.165) is 32.4 Å². The Morgan fingerprint density at radius 1 is 1.22 bits per heavy atom. The smallest absolute Gasteiger partial charge is 0.282 e. The quantitative estimate of drug-likeness (QED) is 0.823. The van der Waals surface area contributed by atoms with Crippen molar-refractivity contribution in [3.05, 3.63) is 0 Å². The van der Waals surface area contributed by atoms with Crippen molar-refractivity contribution < 1.29 is 8.42 Å². The van der Waals surface area contributed by atoms with Gasteiger partial charge in [0, 0.05) is 39.3 Å². The Labute approximate surface area is 111 Å². The van der Waals surface area contributed by atoms with E-state index in [4.69, 9.17) is 0 Å². The van der Waals surface area contributed by atoms with E-state index in [9.17, 15) is 8.42 Å². The average molecular weight is 275 g/mol. The normalized spacial score (nSPS) is 31.7. The molecular formula is C12H25N3O2S. The van der Waals surface area contributed by atoms with E-state index in [1.54, 1.807) is 15.7 Å². The van der Waals surface area contributed by atoms with Gasteiger partial charge in [-0.25, -0.2) is 0 Å². The Bertz CT molecular complexity index is 366. The Hall–Kier alpha value is -0.170. The molecular weight excluding hydrogens is 250 g/mol. The van der Waals surface area contributed by atoms with E-state index in [0.29, 0.717) is 19.0 Å². The van der Waals surface area contributed by atoms with Crippen molar-refractivity contribution in [2.75, 3.05) is 33.2 Å². The molecule has 0 radical (unpaired) electrons. The second kappa shape index (κ2) is 5.86. The number of nitrogens with zero attached hydrogens (tertiary/aromatic N) is 2. The fraction of sp³-hybridized carbons (Fsp3) is 1.00. The summed E-state index contributed by atoms with van der Waals surface area (Å²) in [6.45, 7) is 4.92. The van der Waals surface area contributed by atoms with Crippen molar-refractivity contribution in [1.29, 1.82) is 0 Å². The lowest BCUT2D eigenvalue weighted by Crippen LogP contribution is -2.53. The molecule has 5 nitrogen and oxygen atoms in total. The van der Waals surface area contributed by atoms with Gasteiger partial charge in [0.2, 0.25) is 0 Å². The van der Waals surface area contributed by atoms with Gasteiger partial charge in [-0.2, -0.15) is 17.0 Å². The van der Waals surface area contributed by atoms with Crippen LogP contribution in [0.3, 0.4) is 0 Å². The number of piperazine rings is 1. The molecule has 2 unspecified atom stereocenters. The molecule has 1 aliphatic heterocycles. The first kappa shape index (κ1) is 14.2. The monoisotopic (exact) mass is 275 g/mol. The fourth-order valence-corrected chi connectivity index (χ4v) is 4.55. The molecule has 2 atom stereocenters. The minimum absolute atomic E-state index is 0.189. The van der Waals surface area contributed by atoms with Crippen molar-refractivity contribution >= 4 is 10.2 Å². The van der Waals surface area contributed by atoms with Crippen molar-refractivity contribution in [3.63, 3.8) is 0 Å². The molecule has 1 saturated heterocycles. The fourth-order valence-electron chi connectivity index (χ4n) is 2.98. The summed E-state index contributed by atoms with van der Waals surface area (Å²) in [6, 6.07) is 0.189. The summed E-state index contributed by atoms with van der Waals surface area (Å²) in [6.07, 6.45) is 4.39. The minimum atomic E-state index is -3.26. The van der Waals surface area contributed by atoms with Crippen LogP contribution in [-0.4, -0.2) is 56.3 Å². The highest BCUT2D eigenvalue weighted by atomic mass is 32.2. The lowest BCUT2D eigenvalue weighted by Gasteiger charge is -2.37. The molecule has 6 heteroatoms. The summed E-state index contributed by atoms with van der Waals surface area (Å²) >= 11 is 0. The molecule has 0 aromatic carbocycles. The predicted molar refractivity (Wildman–Crippen MR) is 72.5 cm³/mol. The molecule has 18 heavy (non-hydrogen) atoms. The lowest BCUT2D eigenvalue weighted by atomic mass is 9.87. The molecule has 1 saturated carbocycles. The summed E-state index contributed by atoms with van der Waals surface area (Å²) in [4.78, 5) is 0. The number of hydrogen-bond acceptors (Lipinski definition) is 3. The maximum atomic E-state index is 12.5. The molecule has 106 valence electrons. The van der Waals surface area contributed by atoms with Crippen molar-refractivity contribution in [1.82, 2.24) is 13.9 Å². The standard InChI is InChI=1S/C12H25N3O2S/c1-11-4-3-5-12(10-11)14(2)18(16,17)15-8-6-13-7-9-15/h11-13H,3-10H2,1-2H3. The number of nitrogens with one attached hydrogen (secondary N) is 1. The van der Waals surface area contributed by atoms with Gasteiger partial charge in [0.05, 0.1) is 0 Å². The van der Waals surface area contributed by atoms with Crippen LogP contribution in [0.2, 0.25) is 0 Å². The van der Waals surface area contributed by atoms with Crippen LogP contribution in [0, 0.1) is 5.92 Å². The van der Waals surface area contributed by atoms with Gasteiger partial charge in [0.15, 0.2) is 0 Å². The zero-order chi connectivity index (χ0) is 13.2. The van der Waals surface area contributed by atoms with Crippen molar-refractivity contribution in [2.45, 2.75) is 38.6 Å². The van der Waals surface area contributed by atoms with Gasteiger partial charge in [-0.3, -0.25) is 0 Å². The van der Waals surface area contributed by atoms with E-state index in [-0.39, 0.29) is 6.04 Å². The van der Waals surface area contributed by atoms with Gasteiger partial charge in [0.25, 0.3) is 10.2 Å². The van der Waals surface area contributed by atoms with Crippen LogP contribution in [0.25, 0.3) is 0 Å². The van der Waals surface area contributed by atoms with Gasteiger partial charge in [0.1, 0.15) is 0 Å². The minimum Gasteiger partial charge on any atom is -0.314 e. The zero-order valence-corrected chi connectivity index (χ0v) is 12.2. The second-order valence-corrected chi connectivity index (χ2v) is 7.59. The van der Waals surface area contributed by atoms with E-state index in [1.165, 1.54) is 6.42 Å². The van der Waals surface area contributed by atoms with Crippen LogP contribution in [-0.2, 0) is 10.2 Å². The van der Waals surface area contributed by atoms with Gasteiger partial charge in [-0.15, -0.1) is 0 Å². The summed E-state index contributed by atoms with van der Waals surface area (Å²) in [5.74, 6) is 0.643. The Morgan fingerprint density at radius 2 is 1.89 bits per heavy atom. The molecule has 0 bridgehead atoms. The zero-order valence-electron chi connectivity index (χ0n) is 11.4. The van der Waals surface area contributed by atoms with Crippen LogP contribution in [0.15, 0.2) is 0 Å². The molecule has 1 aliphatic carbocycles. The summed E-state index contributed by atoms with van der Waals surface area (Å²) in [5, 5.41) is 3.19. The van der Waals surface area contributed by atoms with Crippen LogP contribution in [0.4, 0.5) is 0 Å². The van der Waals surface area contributed by atoms with E-state index >= 15 is 0 Å². The summed E-state index contributed by atoms with van der Waals surface area (Å²) in [7, 11) is -1.51. The van der Waals surface area contributed by atoms with Gasteiger partial charge in [-0.1, -0.05) is 19.8 Å². The molecule has 2 rings (SSSR count). The van der Waals surface area contributed by atoms with Crippen LogP contribution >= 0.6 is 0 Å². The molecule has 1 N–H and O–H groups in total. The first-order chi connectivity index (χ1) is 8.51. The van der Waals surface area contributed by atoms with E-state index in [2.05, 4.69) is 12.2 Å². The molecule has 2 fully saturated rings. The third-order valence-electron chi connectivity index (χ3n) is 4.19. The van der Waals surface area contributed by atoms with Crippen LogP contribution < -0.4 is 5.32 Å². The molecule has 0 spiro atoms. The Kier molecular flexibility index (Phi) is 4.64. The molecule has 0 aromatic heterocycles. The predicted octanol–water partition coefficient (Wildman–Crippen LogP) is 0.647. The van der Waals surface area contributed by atoms with Gasteiger partial charge < -0.3 is 5.32 Å². The largest absolute Gasteiger partial charge is 0.314 e. The third kappa shape index (κ3) is 3.04. The topological polar surface area (TPSA) is 52.7 Å². The van der Waals surface area contributed by atoms with E-state index in [1.807, 2.05) is 0 Å². The molecule has 1 heterocycles. The maximum absolute atomic E-state index is 12.5. The summed E-state index contributed by atoms with van der Waals surface area (Å²) < 4.78 is 28.3. The van der Waals surface area contributed by atoms with Crippen molar-refractivity contribution in [3.8, 4) is 0 Å². The highest BCUT2D eigenvalue weighted by Gasteiger charge is 2.34.